The first-order valence-electron chi connectivity index (χ1n) is 7.21. The fraction of sp³-hybridized carbons (Fsp3) is 0.471. The lowest BCUT2D eigenvalue weighted by molar-refractivity contribution is 0.0973. The van der Waals surface area contributed by atoms with Crippen LogP contribution in [0.25, 0.3) is 0 Å². The fourth-order valence-electron chi connectivity index (χ4n) is 2.83. The van der Waals surface area contributed by atoms with Crippen molar-refractivity contribution in [3.05, 3.63) is 47.5 Å². The number of ether oxygens (including phenoxy) is 1. The molecule has 0 aliphatic heterocycles. The maximum atomic E-state index is 12.8. The van der Waals surface area contributed by atoms with Gasteiger partial charge in [-0.15, -0.1) is 0 Å². The van der Waals surface area contributed by atoms with Crippen LogP contribution in [0.15, 0.2) is 36.1 Å². The molecule has 2 rings (SSSR count). The van der Waals surface area contributed by atoms with Gasteiger partial charge in [-0.25, -0.2) is 4.39 Å². The van der Waals surface area contributed by atoms with Gasteiger partial charge in [-0.1, -0.05) is 6.42 Å². The van der Waals surface area contributed by atoms with Crippen molar-refractivity contribution in [1.82, 2.24) is 0 Å². The van der Waals surface area contributed by atoms with E-state index in [1.807, 2.05) is 6.26 Å². The van der Waals surface area contributed by atoms with E-state index in [0.29, 0.717) is 17.9 Å². The van der Waals surface area contributed by atoms with Crippen molar-refractivity contribution in [1.29, 1.82) is 0 Å². The molecular formula is C17H21FO2. The second kappa shape index (κ2) is 7.22. The molecular weight excluding hydrogens is 255 g/mol. The highest BCUT2D eigenvalue weighted by molar-refractivity contribution is 5.95. The van der Waals surface area contributed by atoms with Crippen LogP contribution < -0.4 is 0 Å². The number of rotatable bonds is 5. The first-order chi connectivity index (χ1) is 9.70. The minimum Gasteiger partial charge on any atom is -0.504 e. The molecule has 0 saturated heterocycles. The second-order valence-electron chi connectivity index (χ2n) is 5.34. The number of hydrogen-bond donors (Lipinski definition) is 0. The first kappa shape index (κ1) is 14.8. The van der Waals surface area contributed by atoms with Gasteiger partial charge < -0.3 is 4.74 Å². The number of allylic oxidation sites excluding steroid dienone is 1. The summed E-state index contributed by atoms with van der Waals surface area (Å²) >= 11 is 0. The number of halogens is 1. The zero-order valence-corrected chi connectivity index (χ0v) is 11.9. The Labute approximate surface area is 119 Å². The van der Waals surface area contributed by atoms with Crippen LogP contribution in [0.1, 0.15) is 48.9 Å². The summed E-state index contributed by atoms with van der Waals surface area (Å²) < 4.78 is 18.0. The van der Waals surface area contributed by atoms with Crippen LogP contribution in [0.5, 0.6) is 0 Å². The highest BCUT2D eigenvalue weighted by Crippen LogP contribution is 2.32. The molecule has 1 atom stereocenters. The Morgan fingerprint density at radius 1 is 1.35 bits per heavy atom. The zero-order chi connectivity index (χ0) is 14.4. The number of carbonyl (C=O) groups is 1. The second-order valence-corrected chi connectivity index (χ2v) is 5.34. The van der Waals surface area contributed by atoms with Crippen molar-refractivity contribution < 1.29 is 13.9 Å². The number of ketones is 1. The number of methoxy groups -OCH3 is 1. The lowest BCUT2D eigenvalue weighted by atomic mass is 9.81. The lowest BCUT2D eigenvalue weighted by Crippen LogP contribution is -2.12. The Kier molecular flexibility index (Phi) is 5.33. The summed E-state index contributed by atoms with van der Waals surface area (Å²) in [4.78, 5) is 12.1. The molecule has 0 radical (unpaired) electrons. The monoisotopic (exact) mass is 276 g/mol. The Bertz CT molecular complexity index is 476. The summed E-state index contributed by atoms with van der Waals surface area (Å²) in [5.74, 6) is 0.236. The molecule has 0 unspecified atom stereocenters. The number of carbonyl (C=O) groups excluding carboxylic acids is 1. The van der Waals surface area contributed by atoms with E-state index in [2.05, 4.69) is 0 Å². The van der Waals surface area contributed by atoms with Gasteiger partial charge in [0.15, 0.2) is 5.78 Å². The van der Waals surface area contributed by atoms with E-state index in [4.69, 9.17) is 4.74 Å². The SMILES string of the molecule is CO/C=C1\CCCC[C@H]1CCC(=O)c1ccc(F)cc1. The average Bonchev–Trinajstić information content (AvgIpc) is 2.47. The molecule has 2 nitrogen and oxygen atoms in total. The van der Waals surface area contributed by atoms with Gasteiger partial charge in [-0.3, -0.25) is 4.79 Å². The van der Waals surface area contributed by atoms with Crippen molar-refractivity contribution in [2.75, 3.05) is 7.11 Å². The predicted octanol–water partition coefficient (Wildman–Crippen LogP) is 4.51. The van der Waals surface area contributed by atoms with Gasteiger partial charge in [0, 0.05) is 12.0 Å². The topological polar surface area (TPSA) is 26.3 Å². The average molecular weight is 276 g/mol. The predicted molar refractivity (Wildman–Crippen MR) is 77.0 cm³/mol. The van der Waals surface area contributed by atoms with Gasteiger partial charge in [0.05, 0.1) is 13.4 Å². The minimum absolute atomic E-state index is 0.0901. The van der Waals surface area contributed by atoms with Gasteiger partial charge in [0.1, 0.15) is 5.82 Å². The van der Waals surface area contributed by atoms with E-state index >= 15 is 0 Å². The Hall–Kier alpha value is -1.64. The van der Waals surface area contributed by atoms with Crippen LogP contribution in [0.4, 0.5) is 4.39 Å². The Balaban J connectivity index is 1.92. The van der Waals surface area contributed by atoms with Crippen LogP contribution in [0.3, 0.4) is 0 Å². The number of benzene rings is 1. The third kappa shape index (κ3) is 3.92. The van der Waals surface area contributed by atoms with Crippen LogP contribution in [-0.4, -0.2) is 12.9 Å². The van der Waals surface area contributed by atoms with Crippen molar-refractivity contribution in [2.24, 2.45) is 5.92 Å². The normalized spacial score (nSPS) is 20.9. The van der Waals surface area contributed by atoms with E-state index in [9.17, 15) is 9.18 Å². The highest BCUT2D eigenvalue weighted by Gasteiger charge is 2.20. The molecule has 0 spiro atoms. The van der Waals surface area contributed by atoms with Gasteiger partial charge in [0.25, 0.3) is 0 Å². The van der Waals surface area contributed by atoms with Crippen molar-refractivity contribution in [3.63, 3.8) is 0 Å². The smallest absolute Gasteiger partial charge is 0.162 e. The van der Waals surface area contributed by atoms with E-state index in [1.165, 1.54) is 30.5 Å². The quantitative estimate of drug-likeness (QED) is 0.584. The van der Waals surface area contributed by atoms with E-state index in [-0.39, 0.29) is 11.6 Å². The largest absolute Gasteiger partial charge is 0.504 e. The molecule has 0 amide bonds. The summed E-state index contributed by atoms with van der Waals surface area (Å²) in [6, 6.07) is 5.79. The standard InChI is InChI=1S/C17H21FO2/c1-20-12-15-5-3-2-4-13(15)8-11-17(19)14-6-9-16(18)10-7-14/h6-7,9-10,12-13H,2-5,8,11H2,1H3/b15-12+/t13-/m0/s1. The molecule has 1 aromatic rings. The number of hydrogen-bond acceptors (Lipinski definition) is 2. The first-order valence-corrected chi connectivity index (χ1v) is 7.21. The zero-order valence-electron chi connectivity index (χ0n) is 11.9. The van der Waals surface area contributed by atoms with Crippen molar-refractivity contribution in [3.8, 4) is 0 Å². The molecule has 1 saturated carbocycles. The number of Topliss-reactive ketones (excluding diaryl/α,β-unsaturated/α-hetero) is 1. The molecule has 20 heavy (non-hydrogen) atoms. The van der Waals surface area contributed by atoms with Gasteiger partial charge in [0.2, 0.25) is 0 Å². The summed E-state index contributed by atoms with van der Waals surface area (Å²) in [5, 5.41) is 0. The highest BCUT2D eigenvalue weighted by atomic mass is 19.1. The van der Waals surface area contributed by atoms with Gasteiger partial charge in [-0.05, 0) is 61.4 Å². The van der Waals surface area contributed by atoms with Gasteiger partial charge in [-0.2, -0.15) is 0 Å². The molecule has 1 aromatic carbocycles. The molecule has 0 heterocycles. The van der Waals surface area contributed by atoms with E-state index < -0.39 is 0 Å². The Morgan fingerprint density at radius 3 is 2.80 bits per heavy atom. The van der Waals surface area contributed by atoms with Crippen LogP contribution in [0.2, 0.25) is 0 Å². The van der Waals surface area contributed by atoms with Crippen molar-refractivity contribution in [2.45, 2.75) is 38.5 Å². The van der Waals surface area contributed by atoms with Crippen LogP contribution in [-0.2, 0) is 4.74 Å². The third-order valence-electron chi connectivity index (χ3n) is 3.95. The van der Waals surface area contributed by atoms with Crippen LogP contribution in [0, 0.1) is 11.7 Å². The van der Waals surface area contributed by atoms with E-state index in [0.717, 1.165) is 19.3 Å². The minimum atomic E-state index is -0.306. The molecule has 1 aliphatic carbocycles. The summed E-state index contributed by atoms with van der Waals surface area (Å²) in [5.41, 5.74) is 1.92. The molecule has 108 valence electrons. The lowest BCUT2D eigenvalue weighted by Gasteiger charge is -2.24. The van der Waals surface area contributed by atoms with Crippen LogP contribution >= 0.6 is 0 Å². The fourth-order valence-corrected chi connectivity index (χ4v) is 2.83. The third-order valence-corrected chi connectivity index (χ3v) is 3.95. The summed E-state index contributed by atoms with van der Waals surface area (Å²) in [7, 11) is 1.67. The molecule has 0 bridgehead atoms. The maximum absolute atomic E-state index is 12.8. The molecule has 3 heteroatoms. The molecule has 0 aromatic heterocycles. The Morgan fingerprint density at radius 2 is 2.10 bits per heavy atom. The molecule has 0 N–H and O–H groups in total. The summed E-state index contributed by atoms with van der Waals surface area (Å²) in [6.07, 6.45) is 7.83. The maximum Gasteiger partial charge on any atom is 0.162 e. The van der Waals surface area contributed by atoms with Crippen molar-refractivity contribution >= 4 is 5.78 Å². The van der Waals surface area contributed by atoms with Gasteiger partial charge >= 0.3 is 0 Å². The summed E-state index contributed by atoms with van der Waals surface area (Å²) in [6.45, 7) is 0. The molecule has 1 fully saturated rings. The van der Waals surface area contributed by atoms with E-state index in [1.54, 1.807) is 19.2 Å². The molecule has 1 aliphatic rings.